The Morgan fingerprint density at radius 3 is 2.75 bits per heavy atom. The second-order valence-corrected chi connectivity index (χ2v) is 7.77. The largest absolute Gasteiger partial charge is 0.370 e. The summed E-state index contributed by atoms with van der Waals surface area (Å²) in [5.74, 6) is -0.138. The number of likely N-dealkylation sites (tertiary alicyclic amines) is 1. The molecular formula is C23H28N4O. The molecule has 5 heteroatoms. The second-order valence-electron chi connectivity index (χ2n) is 7.77. The quantitative estimate of drug-likeness (QED) is 0.807. The first-order valence-corrected chi connectivity index (χ1v) is 10.2. The minimum absolute atomic E-state index is 0.138. The fraction of sp³-hybridized carbons (Fsp3) is 0.391. The van der Waals surface area contributed by atoms with Gasteiger partial charge in [-0.25, -0.2) is 0 Å². The van der Waals surface area contributed by atoms with Crippen LogP contribution in [-0.4, -0.2) is 47.5 Å². The third-order valence-electron chi connectivity index (χ3n) is 5.85. The summed E-state index contributed by atoms with van der Waals surface area (Å²) in [6, 6.07) is 13.3. The Hall–Kier alpha value is -2.66. The van der Waals surface area contributed by atoms with Crippen LogP contribution in [-0.2, 0) is 4.79 Å². The number of aromatic nitrogens is 1. The zero-order chi connectivity index (χ0) is 19.3. The third kappa shape index (κ3) is 4.42. The molecule has 2 aliphatic rings. The summed E-state index contributed by atoms with van der Waals surface area (Å²) in [7, 11) is 0. The SMILES string of the molecule is CC1CCCN1C1CCN(c2ccc(NC(=O)/C=C/c3cccnc3)cc2)C1. The van der Waals surface area contributed by atoms with Crippen LogP contribution < -0.4 is 10.2 Å². The number of hydrogen-bond donors (Lipinski definition) is 1. The molecule has 5 nitrogen and oxygen atoms in total. The molecule has 0 bridgehead atoms. The van der Waals surface area contributed by atoms with Crippen LogP contribution in [0.2, 0.25) is 0 Å². The van der Waals surface area contributed by atoms with Gasteiger partial charge in [0.15, 0.2) is 0 Å². The van der Waals surface area contributed by atoms with Crippen LogP contribution in [0.4, 0.5) is 11.4 Å². The van der Waals surface area contributed by atoms with E-state index in [2.05, 4.69) is 39.2 Å². The van der Waals surface area contributed by atoms with Crippen molar-refractivity contribution in [2.45, 2.75) is 38.3 Å². The molecule has 2 unspecified atom stereocenters. The first-order valence-electron chi connectivity index (χ1n) is 10.2. The number of hydrogen-bond acceptors (Lipinski definition) is 4. The molecular weight excluding hydrogens is 348 g/mol. The van der Waals surface area contributed by atoms with Crippen LogP contribution in [0.3, 0.4) is 0 Å². The molecule has 2 saturated heterocycles. The van der Waals surface area contributed by atoms with E-state index in [1.165, 1.54) is 37.6 Å². The maximum atomic E-state index is 12.1. The van der Waals surface area contributed by atoms with E-state index < -0.39 is 0 Å². The molecule has 1 aromatic carbocycles. The summed E-state index contributed by atoms with van der Waals surface area (Å²) in [4.78, 5) is 21.3. The van der Waals surface area contributed by atoms with Crippen molar-refractivity contribution < 1.29 is 4.79 Å². The second kappa shape index (κ2) is 8.57. The standard InChI is InChI=1S/C23H28N4O/c1-18-4-3-14-27(18)22-12-15-26(17-22)21-9-7-20(8-10-21)25-23(28)11-6-19-5-2-13-24-16-19/h2,5-11,13,16,18,22H,3-4,12,14-15,17H2,1H3,(H,25,28)/b11-6+. The van der Waals surface area contributed by atoms with Gasteiger partial charge in [-0.05, 0) is 74.7 Å². The Morgan fingerprint density at radius 1 is 1.18 bits per heavy atom. The van der Waals surface area contributed by atoms with E-state index in [4.69, 9.17) is 0 Å². The molecule has 3 heterocycles. The van der Waals surface area contributed by atoms with Gasteiger partial charge in [-0.3, -0.25) is 14.7 Å². The van der Waals surface area contributed by atoms with Gasteiger partial charge < -0.3 is 10.2 Å². The third-order valence-corrected chi connectivity index (χ3v) is 5.85. The van der Waals surface area contributed by atoms with Gasteiger partial charge in [0.05, 0.1) is 0 Å². The minimum Gasteiger partial charge on any atom is -0.370 e. The monoisotopic (exact) mass is 376 g/mol. The Morgan fingerprint density at radius 2 is 2.04 bits per heavy atom. The van der Waals surface area contributed by atoms with E-state index in [0.717, 1.165) is 30.4 Å². The number of anilines is 2. The average molecular weight is 377 g/mol. The first-order chi connectivity index (χ1) is 13.7. The Bertz CT molecular complexity index is 818. The Kier molecular flexibility index (Phi) is 5.72. The fourth-order valence-corrected chi connectivity index (χ4v) is 4.33. The smallest absolute Gasteiger partial charge is 0.248 e. The molecule has 2 aromatic rings. The summed E-state index contributed by atoms with van der Waals surface area (Å²) in [6.45, 7) is 5.81. The van der Waals surface area contributed by atoms with Gasteiger partial charge in [0.2, 0.25) is 5.91 Å². The van der Waals surface area contributed by atoms with Crippen molar-refractivity contribution in [3.05, 3.63) is 60.4 Å². The van der Waals surface area contributed by atoms with Crippen LogP contribution in [0.5, 0.6) is 0 Å². The molecule has 2 aliphatic heterocycles. The zero-order valence-electron chi connectivity index (χ0n) is 16.4. The highest BCUT2D eigenvalue weighted by Gasteiger charge is 2.32. The normalized spacial score (nSPS) is 22.8. The number of carbonyl (C=O) groups excluding carboxylic acids is 1. The minimum atomic E-state index is -0.138. The fourth-order valence-electron chi connectivity index (χ4n) is 4.33. The number of benzene rings is 1. The van der Waals surface area contributed by atoms with Crippen molar-refractivity contribution in [1.82, 2.24) is 9.88 Å². The highest BCUT2D eigenvalue weighted by Crippen LogP contribution is 2.28. The van der Waals surface area contributed by atoms with Crippen LogP contribution in [0, 0.1) is 0 Å². The van der Waals surface area contributed by atoms with Crippen LogP contribution >= 0.6 is 0 Å². The van der Waals surface area contributed by atoms with E-state index in [-0.39, 0.29) is 5.91 Å². The summed E-state index contributed by atoms with van der Waals surface area (Å²) in [6.07, 6.45) is 10.6. The zero-order valence-corrected chi connectivity index (χ0v) is 16.4. The topological polar surface area (TPSA) is 48.5 Å². The highest BCUT2D eigenvalue weighted by molar-refractivity contribution is 6.01. The van der Waals surface area contributed by atoms with Crippen molar-refractivity contribution in [3.8, 4) is 0 Å². The van der Waals surface area contributed by atoms with Gasteiger partial charge in [0.25, 0.3) is 0 Å². The van der Waals surface area contributed by atoms with Crippen LogP contribution in [0.1, 0.15) is 31.7 Å². The predicted octanol–water partition coefficient (Wildman–Crippen LogP) is 3.80. The predicted molar refractivity (Wildman–Crippen MR) is 114 cm³/mol. The molecule has 2 fully saturated rings. The molecule has 0 spiro atoms. The number of pyridine rings is 1. The lowest BCUT2D eigenvalue weighted by atomic mass is 10.2. The van der Waals surface area contributed by atoms with Crippen LogP contribution in [0.25, 0.3) is 6.08 Å². The van der Waals surface area contributed by atoms with Gasteiger partial charge in [-0.2, -0.15) is 0 Å². The van der Waals surface area contributed by atoms with Crippen molar-refractivity contribution in [2.75, 3.05) is 29.9 Å². The molecule has 0 aliphatic carbocycles. The van der Waals surface area contributed by atoms with Gasteiger partial charge in [0.1, 0.15) is 0 Å². The maximum Gasteiger partial charge on any atom is 0.248 e. The summed E-state index contributed by atoms with van der Waals surface area (Å²) >= 11 is 0. The van der Waals surface area contributed by atoms with Crippen molar-refractivity contribution in [1.29, 1.82) is 0 Å². The molecule has 4 rings (SSSR count). The van der Waals surface area contributed by atoms with Gasteiger partial charge >= 0.3 is 0 Å². The number of nitrogens with one attached hydrogen (secondary N) is 1. The van der Waals surface area contributed by atoms with E-state index in [1.807, 2.05) is 24.3 Å². The van der Waals surface area contributed by atoms with Gasteiger partial charge in [-0.15, -0.1) is 0 Å². The molecule has 1 amide bonds. The van der Waals surface area contributed by atoms with Crippen molar-refractivity contribution in [3.63, 3.8) is 0 Å². The Labute approximate surface area is 167 Å². The van der Waals surface area contributed by atoms with Gasteiger partial charge in [-0.1, -0.05) is 6.07 Å². The molecule has 146 valence electrons. The maximum absolute atomic E-state index is 12.1. The van der Waals surface area contributed by atoms with E-state index in [9.17, 15) is 4.79 Å². The number of nitrogens with zero attached hydrogens (tertiary/aromatic N) is 3. The average Bonchev–Trinajstić information content (AvgIpc) is 3.37. The summed E-state index contributed by atoms with van der Waals surface area (Å²) < 4.78 is 0. The molecule has 1 N–H and O–H groups in total. The van der Waals surface area contributed by atoms with E-state index in [0.29, 0.717) is 6.04 Å². The lowest BCUT2D eigenvalue weighted by molar-refractivity contribution is -0.111. The van der Waals surface area contributed by atoms with Crippen molar-refractivity contribution >= 4 is 23.4 Å². The summed E-state index contributed by atoms with van der Waals surface area (Å²) in [5, 5.41) is 2.92. The van der Waals surface area contributed by atoms with Gasteiger partial charge in [0, 0.05) is 55.0 Å². The first kappa shape index (κ1) is 18.7. The highest BCUT2D eigenvalue weighted by atomic mass is 16.1. The van der Waals surface area contributed by atoms with E-state index in [1.54, 1.807) is 18.5 Å². The lowest BCUT2D eigenvalue weighted by Crippen LogP contribution is -2.39. The Balaban J connectivity index is 1.31. The molecule has 1 aromatic heterocycles. The number of rotatable bonds is 5. The molecule has 2 atom stereocenters. The number of amides is 1. The van der Waals surface area contributed by atoms with Crippen molar-refractivity contribution in [2.24, 2.45) is 0 Å². The number of carbonyl (C=O) groups is 1. The summed E-state index contributed by atoms with van der Waals surface area (Å²) in [5.41, 5.74) is 2.95. The van der Waals surface area contributed by atoms with E-state index >= 15 is 0 Å². The molecule has 0 radical (unpaired) electrons. The lowest BCUT2D eigenvalue weighted by Gasteiger charge is -2.28. The van der Waals surface area contributed by atoms with Crippen LogP contribution in [0.15, 0.2) is 54.9 Å². The molecule has 0 saturated carbocycles. The molecule has 28 heavy (non-hydrogen) atoms.